The number of ether oxygens (including phenoxy) is 2. The van der Waals surface area contributed by atoms with Crippen molar-refractivity contribution in [2.24, 2.45) is 0 Å². The van der Waals surface area contributed by atoms with Crippen LogP contribution in [0, 0.1) is 5.82 Å². The van der Waals surface area contributed by atoms with Gasteiger partial charge < -0.3 is 14.8 Å². The summed E-state index contributed by atoms with van der Waals surface area (Å²) in [6.07, 6.45) is 2.15. The van der Waals surface area contributed by atoms with E-state index in [-0.39, 0.29) is 16.7 Å². The Balaban J connectivity index is 1.66. The summed E-state index contributed by atoms with van der Waals surface area (Å²) in [5.74, 6) is -0.650. The molecule has 1 N–H and O–H groups in total. The van der Waals surface area contributed by atoms with Crippen molar-refractivity contribution in [3.63, 3.8) is 0 Å². The summed E-state index contributed by atoms with van der Waals surface area (Å²) in [4.78, 5) is 12.2. The number of rotatable bonds is 5. The molecule has 1 atom stereocenters. The number of halogens is 2. The molecule has 126 valence electrons. The van der Waals surface area contributed by atoms with Gasteiger partial charge in [0.2, 0.25) is 0 Å². The third kappa shape index (κ3) is 4.04. The molecule has 1 amide bonds. The summed E-state index contributed by atoms with van der Waals surface area (Å²) in [5, 5.41) is 2.70. The summed E-state index contributed by atoms with van der Waals surface area (Å²) < 4.78 is 25.0. The molecular formula is C18H17ClFNO3. The maximum Gasteiger partial charge on any atom is 0.260 e. The minimum absolute atomic E-state index is 0.0679. The summed E-state index contributed by atoms with van der Waals surface area (Å²) in [6, 6.07) is 11.0. The molecule has 0 saturated carbocycles. The molecule has 1 aliphatic rings. The summed E-state index contributed by atoms with van der Waals surface area (Å²) in [5.41, 5.74) is 0.328. The molecule has 6 heteroatoms. The average Bonchev–Trinajstić information content (AvgIpc) is 3.06. The fourth-order valence-electron chi connectivity index (χ4n) is 2.54. The lowest BCUT2D eigenvalue weighted by Crippen LogP contribution is -2.17. The molecule has 2 aromatic carbocycles. The molecule has 0 aliphatic carbocycles. The zero-order valence-electron chi connectivity index (χ0n) is 12.9. The fourth-order valence-corrected chi connectivity index (χ4v) is 2.79. The highest BCUT2D eigenvalue weighted by Crippen LogP contribution is 2.23. The summed E-state index contributed by atoms with van der Waals surface area (Å²) in [7, 11) is 0. The minimum atomic E-state index is -0.661. The van der Waals surface area contributed by atoms with Gasteiger partial charge >= 0.3 is 0 Å². The number of benzene rings is 2. The van der Waals surface area contributed by atoms with Gasteiger partial charge in [0.15, 0.2) is 0 Å². The van der Waals surface area contributed by atoms with E-state index in [0.717, 1.165) is 19.4 Å². The van der Waals surface area contributed by atoms with E-state index in [4.69, 9.17) is 21.1 Å². The molecule has 4 nitrogen and oxygen atoms in total. The van der Waals surface area contributed by atoms with Gasteiger partial charge in [-0.1, -0.05) is 23.7 Å². The van der Waals surface area contributed by atoms with E-state index < -0.39 is 11.7 Å². The van der Waals surface area contributed by atoms with Crippen LogP contribution in [0.25, 0.3) is 0 Å². The van der Waals surface area contributed by atoms with Crippen molar-refractivity contribution in [3.05, 3.63) is 58.9 Å². The Kier molecular flexibility index (Phi) is 5.33. The van der Waals surface area contributed by atoms with Crippen LogP contribution in [0.1, 0.15) is 23.2 Å². The Hall–Kier alpha value is -2.11. The molecule has 3 rings (SSSR count). The molecule has 0 bridgehead atoms. The minimum Gasteiger partial charge on any atom is -0.491 e. The second-order valence-electron chi connectivity index (χ2n) is 5.52. The number of hydrogen-bond donors (Lipinski definition) is 1. The van der Waals surface area contributed by atoms with Gasteiger partial charge in [-0.15, -0.1) is 0 Å². The molecule has 1 aliphatic heterocycles. The van der Waals surface area contributed by atoms with Crippen LogP contribution in [-0.2, 0) is 4.74 Å². The van der Waals surface area contributed by atoms with E-state index in [1.54, 1.807) is 24.3 Å². The SMILES string of the molecule is O=C(Nc1cccc(OCC2CCCO2)c1)c1c(F)cccc1Cl. The number of nitrogens with one attached hydrogen (secondary N) is 1. The van der Waals surface area contributed by atoms with Crippen LogP contribution in [0.2, 0.25) is 5.02 Å². The van der Waals surface area contributed by atoms with Crippen LogP contribution in [0.3, 0.4) is 0 Å². The fraction of sp³-hybridized carbons (Fsp3) is 0.278. The van der Waals surface area contributed by atoms with E-state index in [2.05, 4.69) is 5.32 Å². The quantitative estimate of drug-likeness (QED) is 0.876. The maximum absolute atomic E-state index is 13.8. The van der Waals surface area contributed by atoms with Gasteiger partial charge in [0.05, 0.1) is 16.7 Å². The first kappa shape index (κ1) is 16.7. The topological polar surface area (TPSA) is 47.6 Å². The standard InChI is InChI=1S/C18H17ClFNO3/c19-15-7-2-8-16(20)17(15)18(22)21-12-4-1-5-13(10-12)24-11-14-6-3-9-23-14/h1-2,4-5,7-8,10,14H,3,6,9,11H2,(H,21,22). The lowest BCUT2D eigenvalue weighted by atomic mass is 10.2. The number of carbonyl (C=O) groups excluding carboxylic acids is 1. The van der Waals surface area contributed by atoms with E-state index in [0.29, 0.717) is 18.0 Å². The maximum atomic E-state index is 13.8. The van der Waals surface area contributed by atoms with Gasteiger partial charge in [-0.3, -0.25) is 4.79 Å². The largest absolute Gasteiger partial charge is 0.491 e. The van der Waals surface area contributed by atoms with Crippen molar-refractivity contribution in [2.75, 3.05) is 18.5 Å². The highest BCUT2D eigenvalue weighted by atomic mass is 35.5. The first-order chi connectivity index (χ1) is 11.6. The van der Waals surface area contributed by atoms with Gasteiger partial charge in [0, 0.05) is 18.4 Å². The van der Waals surface area contributed by atoms with Crippen molar-refractivity contribution in [2.45, 2.75) is 18.9 Å². The van der Waals surface area contributed by atoms with E-state index in [1.165, 1.54) is 18.2 Å². The number of hydrogen-bond acceptors (Lipinski definition) is 3. The third-order valence-electron chi connectivity index (χ3n) is 3.74. The first-order valence-electron chi connectivity index (χ1n) is 7.73. The zero-order chi connectivity index (χ0) is 16.9. The summed E-state index contributed by atoms with van der Waals surface area (Å²) >= 11 is 5.90. The molecular weight excluding hydrogens is 333 g/mol. The molecule has 1 fully saturated rings. The third-order valence-corrected chi connectivity index (χ3v) is 4.06. The molecule has 2 aromatic rings. The molecule has 0 radical (unpaired) electrons. The predicted octanol–water partition coefficient (Wildman–Crippen LogP) is 4.29. The predicted molar refractivity (Wildman–Crippen MR) is 90.3 cm³/mol. The molecule has 1 saturated heterocycles. The van der Waals surface area contributed by atoms with Crippen LogP contribution in [-0.4, -0.2) is 25.2 Å². The lowest BCUT2D eigenvalue weighted by molar-refractivity contribution is 0.0680. The molecule has 0 aromatic heterocycles. The second kappa shape index (κ2) is 7.64. The van der Waals surface area contributed by atoms with Crippen molar-refractivity contribution in [1.29, 1.82) is 0 Å². The normalized spacial score (nSPS) is 16.8. The van der Waals surface area contributed by atoms with Crippen molar-refractivity contribution in [3.8, 4) is 5.75 Å². The molecule has 0 spiro atoms. The van der Waals surface area contributed by atoms with Gasteiger partial charge in [0.25, 0.3) is 5.91 Å². The number of carbonyl (C=O) groups is 1. The van der Waals surface area contributed by atoms with Crippen molar-refractivity contribution in [1.82, 2.24) is 0 Å². The van der Waals surface area contributed by atoms with Crippen molar-refractivity contribution < 1.29 is 18.7 Å². The van der Waals surface area contributed by atoms with E-state index in [1.807, 2.05) is 0 Å². The lowest BCUT2D eigenvalue weighted by Gasteiger charge is -2.13. The Morgan fingerprint density at radius 3 is 2.92 bits per heavy atom. The Morgan fingerprint density at radius 2 is 2.17 bits per heavy atom. The molecule has 1 unspecified atom stereocenters. The van der Waals surface area contributed by atoms with Gasteiger partial charge in [-0.2, -0.15) is 0 Å². The molecule has 24 heavy (non-hydrogen) atoms. The Bertz CT molecular complexity index is 712. The average molecular weight is 350 g/mol. The van der Waals surface area contributed by atoms with E-state index >= 15 is 0 Å². The zero-order valence-corrected chi connectivity index (χ0v) is 13.7. The van der Waals surface area contributed by atoms with Crippen LogP contribution < -0.4 is 10.1 Å². The van der Waals surface area contributed by atoms with Crippen LogP contribution >= 0.6 is 11.6 Å². The van der Waals surface area contributed by atoms with Gasteiger partial charge in [-0.25, -0.2) is 4.39 Å². The Labute approximate surface area is 144 Å². The van der Waals surface area contributed by atoms with Crippen LogP contribution in [0.15, 0.2) is 42.5 Å². The second-order valence-corrected chi connectivity index (χ2v) is 5.93. The smallest absolute Gasteiger partial charge is 0.260 e. The van der Waals surface area contributed by atoms with E-state index in [9.17, 15) is 9.18 Å². The van der Waals surface area contributed by atoms with Crippen LogP contribution in [0.5, 0.6) is 5.75 Å². The molecule has 1 heterocycles. The van der Waals surface area contributed by atoms with Crippen LogP contribution in [0.4, 0.5) is 10.1 Å². The Morgan fingerprint density at radius 1 is 1.33 bits per heavy atom. The number of amides is 1. The monoisotopic (exact) mass is 349 g/mol. The highest BCUT2D eigenvalue weighted by molar-refractivity contribution is 6.34. The highest BCUT2D eigenvalue weighted by Gasteiger charge is 2.17. The van der Waals surface area contributed by atoms with Gasteiger partial charge in [-0.05, 0) is 37.1 Å². The first-order valence-corrected chi connectivity index (χ1v) is 8.11. The van der Waals surface area contributed by atoms with Gasteiger partial charge in [0.1, 0.15) is 18.2 Å². The summed E-state index contributed by atoms with van der Waals surface area (Å²) in [6.45, 7) is 1.24. The van der Waals surface area contributed by atoms with Crippen molar-refractivity contribution >= 4 is 23.2 Å². The number of anilines is 1.